The van der Waals surface area contributed by atoms with Crippen molar-refractivity contribution in [2.45, 2.75) is 71.1 Å². The van der Waals surface area contributed by atoms with Crippen LogP contribution in [-0.4, -0.2) is 57.9 Å². The van der Waals surface area contributed by atoms with Crippen LogP contribution in [0.5, 0.6) is 5.88 Å². The lowest BCUT2D eigenvalue weighted by atomic mass is 9.92. The van der Waals surface area contributed by atoms with Gasteiger partial charge in [0.1, 0.15) is 11.3 Å². The van der Waals surface area contributed by atoms with E-state index in [2.05, 4.69) is 10.3 Å². The van der Waals surface area contributed by atoms with Crippen LogP contribution in [0.1, 0.15) is 68.1 Å². The molecule has 2 amide bonds. The predicted molar refractivity (Wildman–Crippen MR) is 190 cm³/mol. The molecule has 1 N–H and O–H groups in total. The number of aryl methyl sites for hydroxylation is 1. The lowest BCUT2D eigenvalue weighted by Gasteiger charge is -2.29. The second kappa shape index (κ2) is 14.2. The van der Waals surface area contributed by atoms with E-state index in [0.29, 0.717) is 64.2 Å². The molecule has 0 saturated carbocycles. The molecule has 4 aromatic rings. The van der Waals surface area contributed by atoms with Gasteiger partial charge in [-0.25, -0.2) is 9.78 Å². The van der Waals surface area contributed by atoms with Crippen LogP contribution in [0.2, 0.25) is 10.0 Å². The smallest absolute Gasteiger partial charge is 0.410 e. The molecule has 1 fully saturated rings. The molecule has 254 valence electrons. The van der Waals surface area contributed by atoms with Crippen molar-refractivity contribution in [2.24, 2.45) is 0 Å². The lowest BCUT2D eigenvalue weighted by molar-refractivity contribution is -0.119. The summed E-state index contributed by atoms with van der Waals surface area (Å²) in [6, 6.07) is 17.0. The minimum Gasteiger partial charge on any atom is -0.481 e. The van der Waals surface area contributed by atoms with Gasteiger partial charge < -0.3 is 19.7 Å². The highest BCUT2D eigenvalue weighted by Crippen LogP contribution is 2.42. The summed E-state index contributed by atoms with van der Waals surface area (Å²) in [6.07, 6.45) is 4.43. The van der Waals surface area contributed by atoms with Crippen molar-refractivity contribution in [3.63, 3.8) is 0 Å². The zero-order chi connectivity index (χ0) is 34.9. The van der Waals surface area contributed by atoms with Crippen molar-refractivity contribution in [1.29, 1.82) is 0 Å². The first-order valence-corrected chi connectivity index (χ1v) is 17.1. The fraction of sp³-hybridized carbons (Fsp3) is 0.342. The van der Waals surface area contributed by atoms with Crippen molar-refractivity contribution in [1.82, 2.24) is 20.2 Å². The summed E-state index contributed by atoms with van der Waals surface area (Å²) < 4.78 is 11.4. The Balaban J connectivity index is 1.30. The molecule has 49 heavy (non-hydrogen) atoms. The summed E-state index contributed by atoms with van der Waals surface area (Å²) in [5.41, 5.74) is 5.84. The van der Waals surface area contributed by atoms with E-state index in [1.165, 1.54) is 7.11 Å². The van der Waals surface area contributed by atoms with Crippen LogP contribution in [0, 0.1) is 0 Å². The third-order valence-corrected chi connectivity index (χ3v) is 9.44. The van der Waals surface area contributed by atoms with E-state index in [-0.39, 0.29) is 24.3 Å². The Morgan fingerprint density at radius 2 is 1.65 bits per heavy atom. The topological polar surface area (TPSA) is 111 Å². The number of benzene rings is 2. The molecular formula is C38H38Cl2N4O5. The Hall–Kier alpha value is -4.47. The van der Waals surface area contributed by atoms with Gasteiger partial charge in [0, 0.05) is 65.0 Å². The second-order valence-corrected chi connectivity index (χ2v) is 14.1. The van der Waals surface area contributed by atoms with Crippen molar-refractivity contribution in [3.05, 3.63) is 87.7 Å². The molecule has 0 unspecified atom stereocenters. The molecule has 1 aliphatic carbocycles. The molecule has 6 rings (SSSR count). The van der Waals surface area contributed by atoms with Crippen LogP contribution in [0.15, 0.2) is 60.8 Å². The van der Waals surface area contributed by atoms with Crippen LogP contribution in [0.4, 0.5) is 4.79 Å². The van der Waals surface area contributed by atoms with Crippen molar-refractivity contribution < 1.29 is 23.9 Å². The number of nitrogens with zero attached hydrogens (tertiary/aromatic N) is 3. The molecule has 1 aliphatic heterocycles. The maximum absolute atomic E-state index is 13.2. The van der Waals surface area contributed by atoms with E-state index < -0.39 is 11.7 Å². The fourth-order valence-corrected chi connectivity index (χ4v) is 6.95. The number of pyridine rings is 2. The summed E-state index contributed by atoms with van der Waals surface area (Å²) in [5.74, 6) is 0.383. The van der Waals surface area contributed by atoms with E-state index in [9.17, 15) is 14.4 Å². The summed E-state index contributed by atoms with van der Waals surface area (Å²) >= 11 is 14.2. The molecule has 2 aromatic carbocycles. The number of Topliss-reactive ketones (excluding diaryl/α,β-unsaturated/α-hetero) is 1. The standard InChI is InChI=1S/C38H38Cl2N4O5/c1-38(2,3)49-37(47)44(21-25-15-17-32(46)42-25)20-23-14-16-30(43-36(23)48-4)29-12-7-11-28(34(29)40)27-10-6-9-26(33(27)39)24-18-22-8-5-13-31(45)35(22)41-19-24/h6-7,9-12,14,16,18-19,25H,5,8,13,15,17,20-21H2,1-4H3,(H,42,46)/t25-/m0/s1. The van der Waals surface area contributed by atoms with Gasteiger partial charge in [0.05, 0.1) is 29.4 Å². The Kier molecular flexibility index (Phi) is 9.95. The average Bonchev–Trinajstić information content (AvgIpc) is 3.48. The van der Waals surface area contributed by atoms with Crippen LogP contribution in [-0.2, 0) is 22.5 Å². The second-order valence-electron chi connectivity index (χ2n) is 13.4. The predicted octanol–water partition coefficient (Wildman–Crippen LogP) is 8.33. The number of halogens is 2. The number of ketones is 1. The van der Waals surface area contributed by atoms with E-state index in [1.54, 1.807) is 11.1 Å². The first-order valence-electron chi connectivity index (χ1n) is 16.3. The van der Waals surface area contributed by atoms with Gasteiger partial charge in [0.2, 0.25) is 11.8 Å². The number of nitrogens with one attached hydrogen (secondary N) is 1. The Morgan fingerprint density at radius 1 is 0.959 bits per heavy atom. The number of hydrogen-bond acceptors (Lipinski definition) is 7. The molecule has 3 heterocycles. The quantitative estimate of drug-likeness (QED) is 0.197. The Bertz CT molecular complexity index is 1940. The number of ether oxygens (including phenoxy) is 2. The van der Waals surface area contributed by atoms with Gasteiger partial charge in [-0.1, -0.05) is 59.6 Å². The fourth-order valence-electron chi connectivity index (χ4n) is 6.29. The molecule has 9 nitrogen and oxygen atoms in total. The lowest BCUT2D eigenvalue weighted by Crippen LogP contribution is -2.43. The number of methoxy groups -OCH3 is 1. The molecule has 11 heteroatoms. The van der Waals surface area contributed by atoms with Gasteiger partial charge in [0.15, 0.2) is 5.78 Å². The van der Waals surface area contributed by atoms with Crippen molar-refractivity contribution in [3.8, 4) is 39.4 Å². The number of amides is 2. The normalized spacial score (nSPS) is 15.8. The zero-order valence-electron chi connectivity index (χ0n) is 27.9. The number of carbonyl (C=O) groups excluding carboxylic acids is 3. The van der Waals surface area contributed by atoms with E-state index in [4.69, 9.17) is 37.7 Å². The number of carbonyl (C=O) groups is 3. The molecule has 0 spiro atoms. The van der Waals surface area contributed by atoms with Crippen molar-refractivity contribution >= 4 is 41.0 Å². The minimum absolute atomic E-state index is 0.0295. The van der Waals surface area contributed by atoms with Gasteiger partial charge in [-0.3, -0.25) is 14.6 Å². The molecule has 1 atom stereocenters. The highest BCUT2D eigenvalue weighted by Gasteiger charge is 2.29. The van der Waals surface area contributed by atoms with Gasteiger partial charge in [-0.05, 0) is 63.8 Å². The van der Waals surface area contributed by atoms with Gasteiger partial charge in [0.25, 0.3) is 0 Å². The van der Waals surface area contributed by atoms with Crippen LogP contribution < -0.4 is 10.1 Å². The zero-order valence-corrected chi connectivity index (χ0v) is 29.5. The van der Waals surface area contributed by atoms with Gasteiger partial charge in [-0.2, -0.15) is 0 Å². The van der Waals surface area contributed by atoms with Crippen LogP contribution >= 0.6 is 23.2 Å². The first kappa shape index (κ1) is 34.4. The monoisotopic (exact) mass is 700 g/mol. The highest BCUT2D eigenvalue weighted by molar-refractivity contribution is 6.39. The Labute approximate surface area is 295 Å². The average molecular weight is 702 g/mol. The number of hydrogen-bond donors (Lipinski definition) is 1. The number of aromatic nitrogens is 2. The maximum Gasteiger partial charge on any atom is 0.410 e. The highest BCUT2D eigenvalue weighted by atomic mass is 35.5. The summed E-state index contributed by atoms with van der Waals surface area (Å²) in [6.45, 7) is 5.89. The molecule has 0 bridgehead atoms. The summed E-state index contributed by atoms with van der Waals surface area (Å²) in [7, 11) is 1.53. The summed E-state index contributed by atoms with van der Waals surface area (Å²) in [4.78, 5) is 48.3. The minimum atomic E-state index is -0.692. The van der Waals surface area contributed by atoms with Gasteiger partial charge in [-0.15, -0.1) is 0 Å². The molecule has 1 saturated heterocycles. The largest absolute Gasteiger partial charge is 0.481 e. The van der Waals surface area contributed by atoms with Crippen LogP contribution in [0.25, 0.3) is 33.5 Å². The first-order chi connectivity index (χ1) is 23.4. The molecular weight excluding hydrogens is 663 g/mol. The SMILES string of the molecule is COc1nc(-c2cccc(-c3cccc(-c4cnc5c(c4)CCCC5=O)c3Cl)c2Cl)ccc1CN(C[C@@H]1CCC(=O)N1)C(=O)OC(C)(C)C. The summed E-state index contributed by atoms with van der Waals surface area (Å²) in [5, 5.41) is 3.91. The van der Waals surface area contributed by atoms with E-state index in [0.717, 1.165) is 40.7 Å². The van der Waals surface area contributed by atoms with Gasteiger partial charge >= 0.3 is 6.09 Å². The molecule has 0 radical (unpaired) electrons. The number of fused-ring (bicyclic) bond motifs is 1. The van der Waals surface area contributed by atoms with Crippen LogP contribution in [0.3, 0.4) is 0 Å². The van der Waals surface area contributed by atoms with E-state index in [1.807, 2.05) is 75.4 Å². The third-order valence-electron chi connectivity index (χ3n) is 8.63. The Morgan fingerprint density at radius 3 is 2.33 bits per heavy atom. The third kappa shape index (κ3) is 7.58. The van der Waals surface area contributed by atoms with E-state index >= 15 is 0 Å². The maximum atomic E-state index is 13.2. The molecule has 2 aromatic heterocycles. The molecule has 2 aliphatic rings. The number of rotatable bonds is 8. The van der Waals surface area contributed by atoms with Crippen molar-refractivity contribution in [2.75, 3.05) is 13.7 Å².